The molecule has 0 aliphatic carbocycles. The molecule has 2 aliphatic heterocycles. The molecule has 0 unspecified atom stereocenters. The van der Waals surface area contributed by atoms with Crippen LogP contribution in [-0.2, 0) is 0 Å². The number of aromatic nitrogens is 1. The van der Waals surface area contributed by atoms with Crippen LogP contribution < -0.4 is 30.2 Å². The quantitative estimate of drug-likeness (QED) is 0.309. The first kappa shape index (κ1) is 30.5. The zero-order chi connectivity index (χ0) is 31.5. The highest BCUT2D eigenvalue weighted by atomic mass is 16.7. The van der Waals surface area contributed by atoms with Gasteiger partial charge in [0.2, 0.25) is 6.79 Å². The summed E-state index contributed by atoms with van der Waals surface area (Å²) in [5.74, 6) is 1.11. The number of hydrogen-bond donors (Lipinski definition) is 4. The fourth-order valence-electron chi connectivity index (χ4n) is 5.04. The minimum absolute atomic E-state index is 0.106. The smallest absolute Gasteiger partial charge is 0.323 e. The molecule has 0 bridgehead atoms. The van der Waals surface area contributed by atoms with Crippen LogP contribution in [0.2, 0.25) is 0 Å². The van der Waals surface area contributed by atoms with Gasteiger partial charge in [-0.1, -0.05) is 18.1 Å². The molecule has 5 rings (SSSR count). The van der Waals surface area contributed by atoms with E-state index >= 15 is 0 Å². The number of aryl methyl sites for hydroxylation is 2. The van der Waals surface area contributed by atoms with Gasteiger partial charge >= 0.3 is 12.1 Å². The molecule has 2 aliphatic rings. The molecule has 14 nitrogen and oxygen atoms in total. The number of carbonyl (C=O) groups is 3. The van der Waals surface area contributed by atoms with Crippen molar-refractivity contribution in [1.29, 1.82) is 0 Å². The number of likely N-dealkylation sites (N-methyl/N-ethyl adjacent to an activating group) is 1. The van der Waals surface area contributed by atoms with E-state index in [0.717, 1.165) is 0 Å². The second-order valence-corrected chi connectivity index (χ2v) is 11.0. The molecular formula is C30H36N6O8. The van der Waals surface area contributed by atoms with Gasteiger partial charge in [0.1, 0.15) is 17.5 Å². The Kier molecular flexibility index (Phi) is 8.81. The van der Waals surface area contributed by atoms with Crippen LogP contribution in [0.25, 0.3) is 0 Å². The zero-order valence-electron chi connectivity index (χ0n) is 25.2. The van der Waals surface area contributed by atoms with Crippen LogP contribution in [-0.4, -0.2) is 83.7 Å². The fraction of sp³-hybridized carbons (Fsp3) is 0.400. The predicted octanol–water partition coefficient (Wildman–Crippen LogP) is 4.05. The summed E-state index contributed by atoms with van der Waals surface area (Å²) in [7, 11) is 1.63. The maximum absolute atomic E-state index is 13.7. The molecule has 0 saturated carbocycles. The van der Waals surface area contributed by atoms with E-state index < -0.39 is 24.2 Å². The first-order chi connectivity index (χ1) is 21.0. The number of ether oxygens (including phenoxy) is 3. The molecule has 234 valence electrons. The van der Waals surface area contributed by atoms with Crippen molar-refractivity contribution >= 4 is 35.0 Å². The van der Waals surface area contributed by atoms with Crippen LogP contribution in [0.15, 0.2) is 40.9 Å². The van der Waals surface area contributed by atoms with E-state index in [1.54, 1.807) is 69.1 Å². The maximum atomic E-state index is 13.7. The highest BCUT2D eigenvalue weighted by molar-refractivity contribution is 6.04. The number of nitrogens with zero attached hydrogens (tertiary/aromatic N) is 3. The molecule has 44 heavy (non-hydrogen) atoms. The Morgan fingerprint density at radius 2 is 1.91 bits per heavy atom. The number of carbonyl (C=O) groups excluding carboxylic acids is 3. The number of benzene rings is 2. The summed E-state index contributed by atoms with van der Waals surface area (Å²) in [6, 6.07) is 8.44. The van der Waals surface area contributed by atoms with E-state index in [4.69, 9.17) is 18.7 Å². The van der Waals surface area contributed by atoms with Gasteiger partial charge in [0.25, 0.3) is 5.91 Å². The van der Waals surface area contributed by atoms with Crippen molar-refractivity contribution in [3.05, 3.63) is 53.4 Å². The molecular weight excluding hydrogens is 572 g/mol. The minimum Gasteiger partial charge on any atom is -0.485 e. The highest BCUT2D eigenvalue weighted by Crippen LogP contribution is 2.36. The Morgan fingerprint density at radius 3 is 2.64 bits per heavy atom. The maximum Gasteiger partial charge on any atom is 0.323 e. The molecule has 2 aromatic carbocycles. The Balaban J connectivity index is 1.40. The van der Waals surface area contributed by atoms with Crippen LogP contribution in [0.1, 0.15) is 35.7 Å². The van der Waals surface area contributed by atoms with Gasteiger partial charge in [-0.15, -0.1) is 0 Å². The molecule has 3 atom stereocenters. The lowest BCUT2D eigenvalue weighted by molar-refractivity contribution is 0.0373. The van der Waals surface area contributed by atoms with Crippen LogP contribution in [0, 0.1) is 19.8 Å². The normalized spacial score (nSPS) is 18.0. The van der Waals surface area contributed by atoms with Crippen molar-refractivity contribution in [2.24, 2.45) is 5.92 Å². The lowest BCUT2D eigenvalue weighted by Gasteiger charge is -2.38. The van der Waals surface area contributed by atoms with Crippen LogP contribution in [0.5, 0.6) is 17.2 Å². The summed E-state index contributed by atoms with van der Waals surface area (Å²) in [5.41, 5.74) is 1.99. The average Bonchev–Trinajstić information content (AvgIpc) is 3.60. The molecule has 5 amide bonds. The zero-order valence-corrected chi connectivity index (χ0v) is 25.2. The summed E-state index contributed by atoms with van der Waals surface area (Å²) in [6.45, 7) is 7.37. The van der Waals surface area contributed by atoms with Crippen molar-refractivity contribution in [3.8, 4) is 17.2 Å². The molecule has 3 heterocycles. The molecule has 0 saturated heterocycles. The molecule has 0 fully saturated rings. The molecule has 3 aromatic rings. The van der Waals surface area contributed by atoms with Crippen molar-refractivity contribution in [1.82, 2.24) is 15.0 Å². The summed E-state index contributed by atoms with van der Waals surface area (Å²) in [5, 5.41) is 22.2. The van der Waals surface area contributed by atoms with E-state index in [0.29, 0.717) is 34.3 Å². The van der Waals surface area contributed by atoms with Crippen molar-refractivity contribution in [3.63, 3.8) is 0 Å². The number of hydrogen-bond acceptors (Lipinski definition) is 9. The molecule has 14 heteroatoms. The Hall–Kier alpha value is -4.98. The number of aliphatic hydroxyl groups is 1. The number of anilines is 3. The van der Waals surface area contributed by atoms with Gasteiger partial charge in [0.15, 0.2) is 23.0 Å². The lowest BCUT2D eigenvalue weighted by atomic mass is 9.99. The van der Waals surface area contributed by atoms with Gasteiger partial charge in [-0.2, -0.15) is 0 Å². The number of rotatable bonds is 7. The van der Waals surface area contributed by atoms with Gasteiger partial charge in [0, 0.05) is 31.3 Å². The van der Waals surface area contributed by atoms with Gasteiger partial charge in [0.05, 0.1) is 30.4 Å². The molecule has 0 radical (unpaired) electrons. The number of amides is 5. The number of aliphatic hydroxyl groups excluding tert-OH is 1. The second-order valence-electron chi connectivity index (χ2n) is 11.0. The van der Waals surface area contributed by atoms with E-state index in [9.17, 15) is 19.5 Å². The Labute approximate surface area is 254 Å². The van der Waals surface area contributed by atoms with Crippen LogP contribution in [0.3, 0.4) is 0 Å². The highest BCUT2D eigenvalue weighted by Gasteiger charge is 2.35. The van der Waals surface area contributed by atoms with E-state index in [2.05, 4.69) is 21.1 Å². The van der Waals surface area contributed by atoms with E-state index in [1.807, 2.05) is 6.92 Å². The van der Waals surface area contributed by atoms with Gasteiger partial charge < -0.3 is 49.6 Å². The molecule has 4 N–H and O–H groups in total. The average molecular weight is 609 g/mol. The Morgan fingerprint density at radius 1 is 1.14 bits per heavy atom. The third-order valence-corrected chi connectivity index (χ3v) is 7.64. The topological polar surface area (TPSA) is 168 Å². The van der Waals surface area contributed by atoms with Crippen LogP contribution in [0.4, 0.5) is 26.7 Å². The minimum atomic E-state index is -0.601. The first-order valence-corrected chi connectivity index (χ1v) is 14.2. The van der Waals surface area contributed by atoms with Crippen LogP contribution >= 0.6 is 0 Å². The monoisotopic (exact) mass is 608 g/mol. The summed E-state index contributed by atoms with van der Waals surface area (Å²) >= 11 is 0. The summed E-state index contributed by atoms with van der Waals surface area (Å²) in [4.78, 5) is 43.0. The summed E-state index contributed by atoms with van der Waals surface area (Å²) in [6.07, 6.45) is -0.601. The van der Waals surface area contributed by atoms with E-state index in [1.165, 1.54) is 4.90 Å². The lowest BCUT2D eigenvalue weighted by Crippen LogP contribution is -2.50. The van der Waals surface area contributed by atoms with Crippen molar-refractivity contribution < 1.29 is 38.2 Å². The standard InChI is InChI=1S/C30H36N6O8/c1-16-12-36(17(2)14-37)28(38)21-7-6-8-22(32-29(39)31-20-9-10-23-24(11-20)42-15-41-23)27(21)43-25(16)13-35(5)30(40)33-26-18(3)34-44-19(26)4/h6-11,16-17,25,37H,12-15H2,1-5H3,(H,33,40)(H2,31,32,39)/t16-,17-,25-/m1/s1. The Bertz CT molecular complexity index is 1540. The third kappa shape index (κ3) is 6.34. The number of nitrogens with one attached hydrogen (secondary N) is 3. The van der Waals surface area contributed by atoms with E-state index in [-0.39, 0.29) is 55.3 Å². The molecule has 0 spiro atoms. The van der Waals surface area contributed by atoms with Gasteiger partial charge in [-0.25, -0.2) is 9.59 Å². The second kappa shape index (κ2) is 12.7. The van der Waals surface area contributed by atoms with Gasteiger partial charge in [-0.3, -0.25) is 4.79 Å². The largest absolute Gasteiger partial charge is 0.485 e. The summed E-state index contributed by atoms with van der Waals surface area (Å²) < 4.78 is 22.3. The van der Waals surface area contributed by atoms with Crippen molar-refractivity contribution in [2.45, 2.75) is 39.8 Å². The SMILES string of the molecule is Cc1noc(C)c1NC(=O)N(C)C[C@H]1Oc2c(NC(=O)Nc3ccc4c(c3)OCO4)cccc2C(=O)N([C@H](C)CO)C[C@H]1C. The fourth-order valence-corrected chi connectivity index (χ4v) is 5.04. The van der Waals surface area contributed by atoms with Gasteiger partial charge in [-0.05, 0) is 45.0 Å². The van der Waals surface area contributed by atoms with Crippen molar-refractivity contribution in [2.75, 3.05) is 49.5 Å². The first-order valence-electron chi connectivity index (χ1n) is 14.2. The third-order valence-electron chi connectivity index (χ3n) is 7.64. The number of para-hydroxylation sites is 1. The predicted molar refractivity (Wildman–Crippen MR) is 160 cm³/mol. The molecule has 1 aromatic heterocycles. The number of urea groups is 2. The number of fused-ring (bicyclic) bond motifs is 2.